The number of pyridine rings is 1. The average Bonchev–Trinajstić information content (AvgIpc) is 2.35. The third kappa shape index (κ3) is 5.88. The molecule has 1 aromatic heterocycles. The molecule has 5 nitrogen and oxygen atoms in total. The van der Waals surface area contributed by atoms with Crippen LogP contribution in [0.1, 0.15) is 31.9 Å². The largest absolute Gasteiger partial charge is 0.444 e. The SMILES string of the molecule is CC(C)(C)OC(=O)NC(CN)Cc1ccncc1C(F)(F)F. The van der Waals surface area contributed by atoms with E-state index in [2.05, 4.69) is 10.3 Å². The van der Waals surface area contributed by atoms with Crippen LogP contribution in [0.25, 0.3) is 0 Å². The van der Waals surface area contributed by atoms with Crippen LogP contribution in [-0.4, -0.2) is 29.3 Å². The minimum atomic E-state index is -4.51. The first kappa shape index (κ1) is 18.2. The third-order valence-electron chi connectivity index (χ3n) is 2.69. The second-order valence-electron chi connectivity index (χ2n) is 5.81. The van der Waals surface area contributed by atoms with Gasteiger partial charge >= 0.3 is 12.3 Å². The molecule has 8 heteroatoms. The van der Waals surface area contributed by atoms with Crippen molar-refractivity contribution in [3.63, 3.8) is 0 Å². The fraction of sp³-hybridized carbons (Fsp3) is 0.571. The summed E-state index contributed by atoms with van der Waals surface area (Å²) in [6, 6.07) is 0.598. The van der Waals surface area contributed by atoms with Gasteiger partial charge in [-0.15, -0.1) is 0 Å². The summed E-state index contributed by atoms with van der Waals surface area (Å²) in [6.45, 7) is 5.05. The van der Waals surface area contributed by atoms with Gasteiger partial charge in [-0.2, -0.15) is 13.2 Å². The van der Waals surface area contributed by atoms with Crippen molar-refractivity contribution >= 4 is 6.09 Å². The summed E-state index contributed by atoms with van der Waals surface area (Å²) in [5, 5.41) is 2.48. The quantitative estimate of drug-likeness (QED) is 0.894. The number of alkyl halides is 3. The maximum atomic E-state index is 12.9. The van der Waals surface area contributed by atoms with Gasteiger partial charge in [0.2, 0.25) is 0 Å². The molecule has 1 amide bonds. The number of carbonyl (C=O) groups is 1. The molecule has 0 bridgehead atoms. The highest BCUT2D eigenvalue weighted by molar-refractivity contribution is 5.68. The van der Waals surface area contributed by atoms with Gasteiger partial charge < -0.3 is 15.8 Å². The summed E-state index contributed by atoms with van der Waals surface area (Å²) in [5.41, 5.74) is 4.02. The molecular formula is C14H20F3N3O2. The molecule has 0 aliphatic rings. The number of hydrogen-bond donors (Lipinski definition) is 2. The Bertz CT molecular complexity index is 513. The highest BCUT2D eigenvalue weighted by atomic mass is 19.4. The molecule has 124 valence electrons. The fourth-order valence-corrected chi connectivity index (χ4v) is 1.79. The molecule has 1 heterocycles. The second kappa shape index (κ2) is 6.95. The molecule has 0 aliphatic heterocycles. The molecule has 1 aromatic rings. The number of amides is 1. The molecule has 22 heavy (non-hydrogen) atoms. The number of hydrogen-bond acceptors (Lipinski definition) is 4. The van der Waals surface area contributed by atoms with Gasteiger partial charge in [0.05, 0.1) is 5.56 Å². The van der Waals surface area contributed by atoms with Crippen molar-refractivity contribution in [3.8, 4) is 0 Å². The van der Waals surface area contributed by atoms with Gasteiger partial charge in [-0.25, -0.2) is 4.79 Å². The Morgan fingerprint density at radius 2 is 2.05 bits per heavy atom. The van der Waals surface area contributed by atoms with E-state index in [0.717, 1.165) is 6.20 Å². The van der Waals surface area contributed by atoms with Crippen LogP contribution in [0.15, 0.2) is 18.5 Å². The normalized spacial score (nSPS) is 13.6. The molecule has 1 unspecified atom stereocenters. The molecule has 0 saturated heterocycles. The molecule has 0 spiro atoms. The van der Waals surface area contributed by atoms with Crippen LogP contribution in [0.3, 0.4) is 0 Å². The minimum Gasteiger partial charge on any atom is -0.444 e. The lowest BCUT2D eigenvalue weighted by Gasteiger charge is -2.23. The van der Waals surface area contributed by atoms with E-state index < -0.39 is 29.5 Å². The number of carbonyl (C=O) groups excluding carboxylic acids is 1. The van der Waals surface area contributed by atoms with Crippen LogP contribution in [0.4, 0.5) is 18.0 Å². The Labute approximate surface area is 127 Å². The Morgan fingerprint density at radius 1 is 1.41 bits per heavy atom. The van der Waals surface area contributed by atoms with Crippen molar-refractivity contribution in [1.82, 2.24) is 10.3 Å². The first-order valence-electron chi connectivity index (χ1n) is 6.72. The number of nitrogens with zero attached hydrogens (tertiary/aromatic N) is 1. The Hall–Kier alpha value is -1.83. The lowest BCUT2D eigenvalue weighted by molar-refractivity contribution is -0.138. The predicted octanol–water partition coefficient (Wildman–Crippen LogP) is 2.49. The fourth-order valence-electron chi connectivity index (χ4n) is 1.79. The second-order valence-corrected chi connectivity index (χ2v) is 5.81. The molecule has 0 fully saturated rings. The van der Waals surface area contributed by atoms with Crippen LogP contribution in [0.5, 0.6) is 0 Å². The Morgan fingerprint density at radius 3 is 2.55 bits per heavy atom. The summed E-state index contributed by atoms with van der Waals surface area (Å²) in [7, 11) is 0. The van der Waals surface area contributed by atoms with Crippen molar-refractivity contribution in [1.29, 1.82) is 0 Å². The molecule has 0 aromatic carbocycles. The zero-order chi connectivity index (χ0) is 17.0. The first-order valence-corrected chi connectivity index (χ1v) is 6.72. The van der Waals surface area contributed by atoms with Gasteiger partial charge in [0.15, 0.2) is 0 Å². The lowest BCUT2D eigenvalue weighted by Crippen LogP contribution is -2.44. The number of halogens is 3. The van der Waals surface area contributed by atoms with Gasteiger partial charge in [0, 0.05) is 25.0 Å². The van der Waals surface area contributed by atoms with Crippen molar-refractivity contribution in [2.24, 2.45) is 5.73 Å². The van der Waals surface area contributed by atoms with E-state index in [1.165, 1.54) is 12.3 Å². The topological polar surface area (TPSA) is 77.2 Å². The smallest absolute Gasteiger partial charge is 0.418 e. The summed E-state index contributed by atoms with van der Waals surface area (Å²) in [4.78, 5) is 15.2. The van der Waals surface area contributed by atoms with E-state index >= 15 is 0 Å². The average molecular weight is 319 g/mol. The molecule has 0 aliphatic carbocycles. The van der Waals surface area contributed by atoms with E-state index in [9.17, 15) is 18.0 Å². The predicted molar refractivity (Wildman–Crippen MR) is 75.2 cm³/mol. The van der Waals surface area contributed by atoms with Gasteiger partial charge in [-0.3, -0.25) is 4.98 Å². The zero-order valence-electron chi connectivity index (χ0n) is 12.7. The van der Waals surface area contributed by atoms with Crippen molar-refractivity contribution in [2.45, 2.75) is 45.0 Å². The van der Waals surface area contributed by atoms with E-state index in [4.69, 9.17) is 10.5 Å². The van der Waals surface area contributed by atoms with Crippen LogP contribution >= 0.6 is 0 Å². The summed E-state index contributed by atoms with van der Waals surface area (Å²) in [6.07, 6.45) is -3.25. The molecule has 1 atom stereocenters. The summed E-state index contributed by atoms with van der Waals surface area (Å²) in [5.74, 6) is 0. The molecular weight excluding hydrogens is 299 g/mol. The summed E-state index contributed by atoms with van der Waals surface area (Å²) >= 11 is 0. The molecule has 1 rings (SSSR count). The van der Waals surface area contributed by atoms with Crippen LogP contribution < -0.4 is 11.1 Å². The maximum absolute atomic E-state index is 12.9. The number of nitrogens with one attached hydrogen (secondary N) is 1. The van der Waals surface area contributed by atoms with E-state index in [-0.39, 0.29) is 18.5 Å². The van der Waals surface area contributed by atoms with Crippen LogP contribution in [0.2, 0.25) is 0 Å². The van der Waals surface area contributed by atoms with Crippen LogP contribution in [-0.2, 0) is 17.3 Å². The maximum Gasteiger partial charge on any atom is 0.418 e. The summed E-state index contributed by atoms with van der Waals surface area (Å²) < 4.78 is 43.8. The number of rotatable bonds is 4. The molecule has 0 radical (unpaired) electrons. The van der Waals surface area contributed by atoms with Crippen molar-refractivity contribution in [2.75, 3.05) is 6.54 Å². The molecule has 3 N–H and O–H groups in total. The van der Waals surface area contributed by atoms with Crippen molar-refractivity contribution in [3.05, 3.63) is 29.6 Å². The lowest BCUT2D eigenvalue weighted by atomic mass is 10.0. The van der Waals surface area contributed by atoms with Crippen molar-refractivity contribution < 1.29 is 22.7 Å². The number of alkyl carbamates (subject to hydrolysis) is 1. The van der Waals surface area contributed by atoms with Gasteiger partial charge in [-0.05, 0) is 38.8 Å². The van der Waals surface area contributed by atoms with Gasteiger partial charge in [0.1, 0.15) is 5.60 Å². The van der Waals surface area contributed by atoms with Crippen LogP contribution in [0, 0.1) is 0 Å². The van der Waals surface area contributed by atoms with E-state index in [1.807, 2.05) is 0 Å². The standard InChI is InChI=1S/C14H20F3N3O2/c1-13(2,3)22-12(21)20-10(7-18)6-9-4-5-19-8-11(9)14(15,16)17/h4-5,8,10H,6-7,18H2,1-3H3,(H,20,21). The number of aromatic nitrogens is 1. The highest BCUT2D eigenvalue weighted by Crippen LogP contribution is 2.31. The monoisotopic (exact) mass is 319 g/mol. The van der Waals surface area contributed by atoms with Gasteiger partial charge in [-0.1, -0.05) is 0 Å². The Kier molecular flexibility index (Phi) is 5.76. The number of nitrogens with two attached hydrogens (primary N) is 1. The third-order valence-corrected chi connectivity index (χ3v) is 2.69. The first-order chi connectivity index (χ1) is 10.0. The van der Waals surface area contributed by atoms with E-state index in [0.29, 0.717) is 0 Å². The zero-order valence-corrected chi connectivity index (χ0v) is 12.7. The van der Waals surface area contributed by atoms with Gasteiger partial charge in [0.25, 0.3) is 0 Å². The highest BCUT2D eigenvalue weighted by Gasteiger charge is 2.34. The molecule has 0 saturated carbocycles. The minimum absolute atomic E-state index is 0.0150. The van der Waals surface area contributed by atoms with E-state index in [1.54, 1.807) is 20.8 Å². The Balaban J connectivity index is 2.81. The number of ether oxygens (including phenoxy) is 1.